The first-order valence-electron chi connectivity index (χ1n) is 7.81. The minimum atomic E-state index is 0.160. The number of aryl methyl sites for hydroxylation is 1. The van der Waals surface area contributed by atoms with Gasteiger partial charge in [-0.1, -0.05) is 6.42 Å². The van der Waals surface area contributed by atoms with Gasteiger partial charge in [-0.15, -0.1) is 11.3 Å². The number of aromatic nitrogens is 1. The van der Waals surface area contributed by atoms with Gasteiger partial charge in [0.2, 0.25) is 0 Å². The topological polar surface area (TPSA) is 36.4 Å². The van der Waals surface area contributed by atoms with Crippen molar-refractivity contribution in [1.29, 1.82) is 0 Å². The van der Waals surface area contributed by atoms with Crippen molar-refractivity contribution in [2.24, 2.45) is 0 Å². The highest BCUT2D eigenvalue weighted by molar-refractivity contribution is 9.11. The molecule has 0 bridgehead atoms. The molecule has 0 unspecified atom stereocenters. The lowest BCUT2D eigenvalue weighted by Gasteiger charge is -2.40. The molecule has 2 aliphatic heterocycles. The minimum absolute atomic E-state index is 0.160. The fourth-order valence-corrected chi connectivity index (χ4v) is 4.94. The Morgan fingerprint density at radius 2 is 1.86 bits per heavy atom. The zero-order valence-electron chi connectivity index (χ0n) is 12.5. The molecule has 1 aromatic rings. The highest BCUT2D eigenvalue weighted by Crippen LogP contribution is 2.26. The zero-order valence-corrected chi connectivity index (χ0v) is 14.9. The number of halogens is 1. The van der Waals surface area contributed by atoms with E-state index in [2.05, 4.69) is 25.8 Å². The molecule has 4 nitrogen and oxygen atoms in total. The summed E-state index contributed by atoms with van der Waals surface area (Å²) in [5.74, 6) is 0.160. The van der Waals surface area contributed by atoms with Gasteiger partial charge in [0.1, 0.15) is 4.88 Å². The third kappa shape index (κ3) is 3.48. The average Bonchev–Trinajstić information content (AvgIpc) is 2.86. The molecule has 3 rings (SSSR count). The van der Waals surface area contributed by atoms with Crippen molar-refractivity contribution in [2.75, 3.05) is 26.2 Å². The van der Waals surface area contributed by atoms with Crippen LogP contribution in [0.1, 0.15) is 47.5 Å². The standard InChI is InChI=1S/C15H22BrN3OS/c1-11-13(21-15(16)17-11)14(20)19-9-5-12(6-10-19)18-7-3-2-4-8-18/h12H,2-10H2,1H3. The zero-order chi connectivity index (χ0) is 14.8. The van der Waals surface area contributed by atoms with E-state index < -0.39 is 0 Å². The summed E-state index contributed by atoms with van der Waals surface area (Å²) in [7, 11) is 0. The molecule has 0 radical (unpaired) electrons. The SMILES string of the molecule is Cc1nc(Br)sc1C(=O)N1CCC(N2CCCCC2)CC1. The first kappa shape index (κ1) is 15.4. The van der Waals surface area contributed by atoms with E-state index in [0.717, 1.165) is 40.4 Å². The van der Waals surface area contributed by atoms with E-state index in [9.17, 15) is 4.79 Å². The average molecular weight is 372 g/mol. The Bertz CT molecular complexity index is 505. The van der Waals surface area contributed by atoms with Gasteiger partial charge in [-0.25, -0.2) is 4.98 Å². The predicted octanol–water partition coefficient (Wildman–Crippen LogP) is 3.30. The summed E-state index contributed by atoms with van der Waals surface area (Å²) in [6.07, 6.45) is 6.29. The number of likely N-dealkylation sites (tertiary alicyclic amines) is 2. The van der Waals surface area contributed by atoms with Crippen molar-refractivity contribution in [3.63, 3.8) is 0 Å². The van der Waals surface area contributed by atoms with Crippen molar-refractivity contribution in [3.05, 3.63) is 14.5 Å². The summed E-state index contributed by atoms with van der Waals surface area (Å²) in [6, 6.07) is 0.684. The normalized spacial score (nSPS) is 21.7. The van der Waals surface area contributed by atoms with E-state index >= 15 is 0 Å². The lowest BCUT2D eigenvalue weighted by atomic mass is 10.00. The van der Waals surface area contributed by atoms with Crippen molar-refractivity contribution in [1.82, 2.24) is 14.8 Å². The number of carbonyl (C=O) groups is 1. The summed E-state index contributed by atoms with van der Waals surface area (Å²) in [5.41, 5.74) is 0.843. The molecule has 21 heavy (non-hydrogen) atoms. The Kier molecular flexibility index (Phi) is 4.96. The van der Waals surface area contributed by atoms with Gasteiger partial charge in [0.15, 0.2) is 3.92 Å². The van der Waals surface area contributed by atoms with Gasteiger partial charge in [0.05, 0.1) is 5.69 Å². The van der Waals surface area contributed by atoms with Gasteiger partial charge < -0.3 is 9.80 Å². The molecule has 0 aliphatic carbocycles. The maximum atomic E-state index is 12.6. The first-order chi connectivity index (χ1) is 10.1. The van der Waals surface area contributed by atoms with Gasteiger partial charge in [-0.2, -0.15) is 0 Å². The molecule has 2 aliphatic rings. The monoisotopic (exact) mass is 371 g/mol. The number of hydrogen-bond donors (Lipinski definition) is 0. The van der Waals surface area contributed by atoms with Gasteiger partial charge in [0.25, 0.3) is 5.91 Å². The summed E-state index contributed by atoms with van der Waals surface area (Å²) >= 11 is 4.82. The Morgan fingerprint density at radius 1 is 1.19 bits per heavy atom. The number of rotatable bonds is 2. The highest BCUT2D eigenvalue weighted by atomic mass is 79.9. The van der Waals surface area contributed by atoms with Crippen molar-refractivity contribution in [3.8, 4) is 0 Å². The van der Waals surface area contributed by atoms with E-state index in [1.165, 1.54) is 43.7 Å². The van der Waals surface area contributed by atoms with Crippen LogP contribution in [-0.2, 0) is 0 Å². The Hall–Kier alpha value is -0.460. The maximum Gasteiger partial charge on any atom is 0.265 e. The van der Waals surface area contributed by atoms with E-state index in [0.29, 0.717) is 6.04 Å². The summed E-state index contributed by atoms with van der Waals surface area (Å²) in [4.78, 5) is 22.3. The van der Waals surface area contributed by atoms with Crippen LogP contribution < -0.4 is 0 Å². The smallest absolute Gasteiger partial charge is 0.265 e. The highest BCUT2D eigenvalue weighted by Gasteiger charge is 2.29. The van der Waals surface area contributed by atoms with E-state index in [4.69, 9.17) is 0 Å². The van der Waals surface area contributed by atoms with Gasteiger partial charge in [0, 0.05) is 19.1 Å². The summed E-state index contributed by atoms with van der Waals surface area (Å²) in [6.45, 7) is 6.18. The summed E-state index contributed by atoms with van der Waals surface area (Å²) < 4.78 is 0.798. The summed E-state index contributed by atoms with van der Waals surface area (Å²) in [5, 5.41) is 0. The predicted molar refractivity (Wildman–Crippen MR) is 88.9 cm³/mol. The van der Waals surface area contributed by atoms with Crippen LogP contribution in [0.2, 0.25) is 0 Å². The molecule has 2 saturated heterocycles. The maximum absolute atomic E-state index is 12.6. The largest absolute Gasteiger partial charge is 0.338 e. The van der Waals surface area contributed by atoms with Crippen LogP contribution >= 0.6 is 27.3 Å². The fourth-order valence-electron chi connectivity index (χ4n) is 3.42. The van der Waals surface area contributed by atoms with Crippen LogP contribution in [0, 0.1) is 6.92 Å². The van der Waals surface area contributed by atoms with Gasteiger partial charge in [-0.3, -0.25) is 4.79 Å². The van der Waals surface area contributed by atoms with Crippen molar-refractivity contribution < 1.29 is 4.79 Å². The molecule has 0 spiro atoms. The molecular weight excluding hydrogens is 350 g/mol. The third-order valence-electron chi connectivity index (χ3n) is 4.62. The Balaban J connectivity index is 1.57. The van der Waals surface area contributed by atoms with Crippen LogP contribution in [0.15, 0.2) is 3.92 Å². The van der Waals surface area contributed by atoms with E-state index in [1.54, 1.807) is 0 Å². The minimum Gasteiger partial charge on any atom is -0.338 e. The Labute approximate surface area is 138 Å². The molecule has 0 saturated carbocycles. The number of nitrogens with zero attached hydrogens (tertiary/aromatic N) is 3. The lowest BCUT2D eigenvalue weighted by Crippen LogP contribution is -2.48. The second kappa shape index (κ2) is 6.75. The number of piperidine rings is 2. The third-order valence-corrected chi connectivity index (χ3v) is 6.22. The Morgan fingerprint density at radius 3 is 2.43 bits per heavy atom. The molecule has 0 N–H and O–H groups in total. The molecule has 2 fully saturated rings. The van der Waals surface area contributed by atoms with Gasteiger partial charge >= 0.3 is 0 Å². The molecule has 0 aromatic carbocycles. The number of hydrogen-bond acceptors (Lipinski definition) is 4. The second-order valence-electron chi connectivity index (χ2n) is 6.00. The van der Waals surface area contributed by atoms with Crippen LogP contribution in [0.5, 0.6) is 0 Å². The second-order valence-corrected chi connectivity index (χ2v) is 8.28. The fraction of sp³-hybridized carbons (Fsp3) is 0.733. The number of carbonyl (C=O) groups excluding carboxylic acids is 1. The molecular formula is C15H22BrN3OS. The van der Waals surface area contributed by atoms with Crippen LogP contribution in [-0.4, -0.2) is 52.9 Å². The first-order valence-corrected chi connectivity index (χ1v) is 9.42. The molecule has 116 valence electrons. The lowest BCUT2D eigenvalue weighted by molar-refractivity contribution is 0.0593. The van der Waals surface area contributed by atoms with Gasteiger partial charge in [-0.05, 0) is 61.6 Å². The van der Waals surface area contributed by atoms with Crippen molar-refractivity contribution >= 4 is 33.2 Å². The molecule has 3 heterocycles. The number of amides is 1. The van der Waals surface area contributed by atoms with Crippen LogP contribution in [0.3, 0.4) is 0 Å². The van der Waals surface area contributed by atoms with Crippen LogP contribution in [0.25, 0.3) is 0 Å². The quantitative estimate of drug-likeness (QED) is 0.799. The van der Waals surface area contributed by atoms with Crippen LogP contribution in [0.4, 0.5) is 0 Å². The molecule has 0 atom stereocenters. The molecule has 1 amide bonds. The number of thiazole rings is 1. The molecule has 6 heteroatoms. The van der Waals surface area contributed by atoms with E-state index in [-0.39, 0.29) is 5.91 Å². The molecule has 1 aromatic heterocycles. The van der Waals surface area contributed by atoms with E-state index in [1.807, 2.05) is 11.8 Å². The van der Waals surface area contributed by atoms with Crippen molar-refractivity contribution in [2.45, 2.75) is 45.1 Å².